The van der Waals surface area contributed by atoms with Crippen LogP contribution in [-0.4, -0.2) is 28.4 Å². The van der Waals surface area contributed by atoms with E-state index in [0.717, 1.165) is 53.4 Å². The number of hydrogen-bond donors (Lipinski definition) is 0. The van der Waals surface area contributed by atoms with Crippen LogP contribution < -0.4 is 18.9 Å². The lowest BCUT2D eigenvalue weighted by Gasteiger charge is -2.14. The molecule has 4 nitrogen and oxygen atoms in total. The van der Waals surface area contributed by atoms with Crippen LogP contribution in [0.15, 0.2) is 60.7 Å². The van der Waals surface area contributed by atoms with Gasteiger partial charge in [-0.05, 0) is 80.5 Å². The molecule has 32 heavy (non-hydrogen) atoms. The normalized spacial score (nSPS) is 10.1. The van der Waals surface area contributed by atoms with Crippen molar-refractivity contribution in [3.63, 3.8) is 0 Å². The van der Waals surface area contributed by atoms with Gasteiger partial charge in [0.15, 0.2) is 0 Å². The highest BCUT2D eigenvalue weighted by atomic mass is 16.5. The minimum Gasteiger partial charge on any atom is -0.497 e. The third-order valence-electron chi connectivity index (χ3n) is 5.23. The fourth-order valence-electron chi connectivity index (χ4n) is 3.59. The summed E-state index contributed by atoms with van der Waals surface area (Å²) in [4.78, 5) is 0. The molecule has 0 saturated carbocycles. The Morgan fingerprint density at radius 1 is 0.562 bits per heavy atom. The van der Waals surface area contributed by atoms with E-state index in [0.29, 0.717) is 0 Å². The first kappa shape index (κ1) is 25.1. The van der Waals surface area contributed by atoms with E-state index < -0.39 is 0 Å². The summed E-state index contributed by atoms with van der Waals surface area (Å²) >= 11 is 0. The summed E-state index contributed by atoms with van der Waals surface area (Å²) in [5.41, 5.74) is 4.89. The number of methoxy groups -OCH3 is 4. The molecule has 0 fully saturated rings. The minimum absolute atomic E-state index is 0.835. The van der Waals surface area contributed by atoms with Gasteiger partial charge in [0, 0.05) is 11.6 Å². The van der Waals surface area contributed by atoms with Crippen molar-refractivity contribution in [2.24, 2.45) is 0 Å². The molecule has 0 spiro atoms. The Kier molecular flexibility index (Phi) is 10.5. The average molecular weight is 437 g/mol. The highest BCUT2D eigenvalue weighted by Gasteiger charge is 2.11. The van der Waals surface area contributed by atoms with E-state index in [1.165, 1.54) is 17.5 Å². The van der Waals surface area contributed by atoms with E-state index in [-0.39, 0.29) is 0 Å². The number of hydrogen-bond acceptors (Lipinski definition) is 4. The maximum absolute atomic E-state index is 5.50. The average Bonchev–Trinajstić information content (AvgIpc) is 2.82. The van der Waals surface area contributed by atoms with Gasteiger partial charge in [0.2, 0.25) is 0 Å². The number of rotatable bonds is 9. The zero-order chi connectivity index (χ0) is 23.3. The minimum atomic E-state index is 0.835. The summed E-state index contributed by atoms with van der Waals surface area (Å²) in [6.07, 6.45) is 4.41. The van der Waals surface area contributed by atoms with Crippen molar-refractivity contribution in [1.29, 1.82) is 0 Å². The second kappa shape index (κ2) is 13.3. The van der Waals surface area contributed by atoms with Crippen LogP contribution in [0.4, 0.5) is 0 Å². The predicted molar refractivity (Wildman–Crippen MR) is 132 cm³/mol. The number of unbranched alkanes of at least 4 members (excludes halogenated alkanes) is 1. The van der Waals surface area contributed by atoms with Crippen molar-refractivity contribution in [2.75, 3.05) is 28.4 Å². The molecule has 0 aliphatic heterocycles. The molecule has 3 aromatic rings. The molecule has 0 N–H and O–H groups in total. The summed E-state index contributed by atoms with van der Waals surface area (Å²) in [5.74, 6) is 3.54. The van der Waals surface area contributed by atoms with Crippen molar-refractivity contribution in [3.8, 4) is 23.0 Å². The maximum Gasteiger partial charge on any atom is 0.126 e. The Labute approximate surface area is 193 Å². The summed E-state index contributed by atoms with van der Waals surface area (Å²) in [6, 6.07) is 20.6. The molecule has 172 valence electrons. The van der Waals surface area contributed by atoms with Gasteiger partial charge in [-0.25, -0.2) is 0 Å². The molecule has 4 heteroatoms. The lowest BCUT2D eigenvalue weighted by atomic mass is 10.0. The van der Waals surface area contributed by atoms with Crippen LogP contribution in [0.3, 0.4) is 0 Å². The molecule has 0 radical (unpaired) electrons. The fourth-order valence-corrected chi connectivity index (χ4v) is 3.59. The number of aryl methyl sites for hydroxylation is 3. The highest BCUT2D eigenvalue weighted by Crippen LogP contribution is 2.31. The van der Waals surface area contributed by atoms with Crippen LogP contribution >= 0.6 is 0 Å². The van der Waals surface area contributed by atoms with Crippen LogP contribution in [0.2, 0.25) is 0 Å². The summed E-state index contributed by atoms with van der Waals surface area (Å²) in [7, 11) is 6.74. The largest absolute Gasteiger partial charge is 0.497 e. The molecular formula is C28H36O4. The fraction of sp³-hybridized carbons (Fsp3) is 0.357. The molecule has 0 saturated heterocycles. The molecule has 0 aromatic heterocycles. The molecule has 3 rings (SSSR count). The quantitative estimate of drug-likeness (QED) is 0.355. The Bertz CT molecular complexity index is 904. The van der Waals surface area contributed by atoms with Crippen LogP contribution in [0.1, 0.15) is 35.1 Å². The SMILES string of the molecule is COc1cc(C)cc(OC)c1.COc1cc(C)cc(OC)c1CCCCc1ccccc1. The van der Waals surface area contributed by atoms with Crippen LogP contribution in [0.5, 0.6) is 23.0 Å². The van der Waals surface area contributed by atoms with E-state index in [1.807, 2.05) is 25.1 Å². The van der Waals surface area contributed by atoms with Crippen LogP contribution in [0.25, 0.3) is 0 Å². The van der Waals surface area contributed by atoms with Gasteiger partial charge >= 0.3 is 0 Å². The Morgan fingerprint density at radius 3 is 1.56 bits per heavy atom. The highest BCUT2D eigenvalue weighted by molar-refractivity contribution is 5.48. The third kappa shape index (κ3) is 7.84. The second-order valence-electron chi connectivity index (χ2n) is 7.73. The first-order valence-corrected chi connectivity index (χ1v) is 11.0. The van der Waals surface area contributed by atoms with Gasteiger partial charge in [0.1, 0.15) is 23.0 Å². The Hall–Kier alpha value is -3.14. The topological polar surface area (TPSA) is 36.9 Å². The van der Waals surface area contributed by atoms with Crippen LogP contribution in [0, 0.1) is 13.8 Å². The standard InChI is InChI=1S/C19H24O2.C9H12O2/c1-15-13-18(20-2)17(19(14-15)21-3)12-8-7-11-16-9-5-4-6-10-16;1-7-4-8(10-2)6-9(5-7)11-3/h4-6,9-10,13-14H,7-8,11-12H2,1-3H3;4-6H,1-3H3. The molecular weight excluding hydrogens is 400 g/mol. The first-order valence-electron chi connectivity index (χ1n) is 11.0. The van der Waals surface area contributed by atoms with Gasteiger partial charge in [-0.2, -0.15) is 0 Å². The Morgan fingerprint density at radius 2 is 1.06 bits per heavy atom. The zero-order valence-electron chi connectivity index (χ0n) is 20.2. The molecule has 3 aromatic carbocycles. The van der Waals surface area contributed by atoms with E-state index in [1.54, 1.807) is 28.4 Å². The van der Waals surface area contributed by atoms with Crippen molar-refractivity contribution in [2.45, 2.75) is 39.5 Å². The van der Waals surface area contributed by atoms with Gasteiger partial charge in [-0.15, -0.1) is 0 Å². The Balaban J connectivity index is 0.000000278. The molecule has 0 aliphatic carbocycles. The monoisotopic (exact) mass is 436 g/mol. The molecule has 0 amide bonds. The third-order valence-corrected chi connectivity index (χ3v) is 5.23. The molecule has 0 bridgehead atoms. The number of ether oxygens (including phenoxy) is 4. The van der Waals surface area contributed by atoms with E-state index in [2.05, 4.69) is 49.4 Å². The van der Waals surface area contributed by atoms with Gasteiger partial charge in [-0.1, -0.05) is 30.3 Å². The molecule has 0 atom stereocenters. The van der Waals surface area contributed by atoms with Gasteiger partial charge in [0.05, 0.1) is 28.4 Å². The van der Waals surface area contributed by atoms with E-state index >= 15 is 0 Å². The van der Waals surface area contributed by atoms with Gasteiger partial charge in [-0.3, -0.25) is 0 Å². The van der Waals surface area contributed by atoms with Crippen LogP contribution in [-0.2, 0) is 12.8 Å². The van der Waals surface area contributed by atoms with Crippen molar-refractivity contribution in [3.05, 3.63) is 82.9 Å². The molecule has 0 unspecified atom stereocenters. The maximum atomic E-state index is 5.50. The number of benzene rings is 3. The summed E-state index contributed by atoms with van der Waals surface area (Å²) in [6.45, 7) is 4.06. The second-order valence-corrected chi connectivity index (χ2v) is 7.73. The van der Waals surface area contributed by atoms with Gasteiger partial charge < -0.3 is 18.9 Å². The molecule has 0 heterocycles. The van der Waals surface area contributed by atoms with Crippen molar-refractivity contribution < 1.29 is 18.9 Å². The molecule has 0 aliphatic rings. The van der Waals surface area contributed by atoms with E-state index in [4.69, 9.17) is 18.9 Å². The lowest BCUT2D eigenvalue weighted by Crippen LogP contribution is -1.99. The smallest absolute Gasteiger partial charge is 0.126 e. The summed E-state index contributed by atoms with van der Waals surface area (Å²) in [5, 5.41) is 0. The first-order chi connectivity index (χ1) is 15.5. The lowest BCUT2D eigenvalue weighted by molar-refractivity contribution is 0.383. The van der Waals surface area contributed by atoms with Crippen molar-refractivity contribution in [1.82, 2.24) is 0 Å². The summed E-state index contributed by atoms with van der Waals surface area (Å²) < 4.78 is 21.1. The zero-order valence-corrected chi connectivity index (χ0v) is 20.2. The van der Waals surface area contributed by atoms with Gasteiger partial charge in [0.25, 0.3) is 0 Å². The van der Waals surface area contributed by atoms with Crippen molar-refractivity contribution >= 4 is 0 Å². The predicted octanol–water partition coefficient (Wildman–Crippen LogP) is 6.59. The van der Waals surface area contributed by atoms with E-state index in [9.17, 15) is 0 Å².